The Morgan fingerprint density at radius 3 is 2.26 bits per heavy atom. The first-order chi connectivity index (χ1) is 16.0. The molecule has 178 valence electrons. The molecule has 7 nitrogen and oxygen atoms in total. The first-order valence-corrected chi connectivity index (χ1v) is 12.6. The van der Waals surface area contributed by atoms with E-state index in [1.54, 1.807) is 67.6 Å². The molecule has 0 fully saturated rings. The van der Waals surface area contributed by atoms with Crippen LogP contribution in [0.3, 0.4) is 0 Å². The minimum Gasteiger partial charge on any atom is -0.465 e. The topological polar surface area (TPSA) is 92.8 Å². The van der Waals surface area contributed by atoms with Crippen molar-refractivity contribution in [2.75, 3.05) is 23.0 Å². The molecule has 0 aliphatic carbocycles. The Morgan fingerprint density at radius 1 is 1.00 bits per heavy atom. The van der Waals surface area contributed by atoms with E-state index in [0.717, 1.165) is 10.6 Å². The van der Waals surface area contributed by atoms with Gasteiger partial charge in [-0.25, -0.2) is 13.2 Å². The highest BCUT2D eigenvalue weighted by Gasteiger charge is 2.22. The van der Waals surface area contributed by atoms with E-state index in [1.807, 2.05) is 0 Å². The van der Waals surface area contributed by atoms with Crippen molar-refractivity contribution in [2.45, 2.75) is 13.5 Å². The summed E-state index contributed by atoms with van der Waals surface area (Å²) in [6, 6.07) is 16.2. The molecule has 0 bridgehead atoms. The van der Waals surface area contributed by atoms with Crippen LogP contribution in [0, 0.1) is 6.92 Å². The van der Waals surface area contributed by atoms with Crippen LogP contribution in [-0.2, 0) is 21.3 Å². The lowest BCUT2D eigenvalue weighted by atomic mass is 10.1. The van der Waals surface area contributed by atoms with Crippen LogP contribution < -0.4 is 9.62 Å². The molecule has 10 heteroatoms. The molecule has 0 spiro atoms. The Hall–Kier alpha value is -3.07. The first-order valence-electron chi connectivity index (χ1n) is 10.0. The van der Waals surface area contributed by atoms with Crippen LogP contribution in [0.4, 0.5) is 11.4 Å². The Bertz CT molecular complexity index is 1340. The van der Waals surface area contributed by atoms with Gasteiger partial charge in [0.2, 0.25) is 10.0 Å². The molecule has 1 amide bonds. The molecule has 3 aromatic carbocycles. The van der Waals surface area contributed by atoms with Gasteiger partial charge in [-0.05, 0) is 54.4 Å². The van der Waals surface area contributed by atoms with Crippen LogP contribution >= 0.6 is 23.2 Å². The second kappa shape index (κ2) is 10.5. The lowest BCUT2D eigenvalue weighted by Gasteiger charge is -2.24. The van der Waals surface area contributed by atoms with Gasteiger partial charge in [-0.1, -0.05) is 47.5 Å². The van der Waals surface area contributed by atoms with Gasteiger partial charge in [0.25, 0.3) is 5.91 Å². The number of benzene rings is 3. The molecule has 0 atom stereocenters. The highest BCUT2D eigenvalue weighted by Crippen LogP contribution is 2.34. The SMILES string of the molecule is COC(=O)c1cccc(NC(=O)c2ccc(CN(c3cccc(Cl)c3Cl)S(C)(=O)=O)cc2)c1C. The first kappa shape index (κ1) is 25.6. The maximum atomic E-state index is 12.7. The number of methoxy groups -OCH3 is 1. The monoisotopic (exact) mass is 520 g/mol. The van der Waals surface area contributed by atoms with Crippen molar-refractivity contribution in [1.29, 1.82) is 0 Å². The minimum atomic E-state index is -3.67. The number of nitrogens with zero attached hydrogens (tertiary/aromatic N) is 1. The standard InChI is InChI=1S/C24H22Cl2N2O5S/c1-15-18(24(30)33-2)6-4-8-20(15)27-23(29)17-12-10-16(11-13-17)14-28(34(3,31)32)21-9-5-7-19(25)22(21)26/h4-13H,14H2,1-3H3,(H,27,29). The maximum Gasteiger partial charge on any atom is 0.338 e. The summed E-state index contributed by atoms with van der Waals surface area (Å²) in [4.78, 5) is 24.6. The van der Waals surface area contributed by atoms with Crippen LogP contribution in [0.1, 0.15) is 31.8 Å². The van der Waals surface area contributed by atoms with Gasteiger partial charge in [0.15, 0.2) is 0 Å². The number of carbonyl (C=O) groups excluding carboxylic acids is 2. The van der Waals surface area contributed by atoms with Crippen molar-refractivity contribution in [2.24, 2.45) is 0 Å². The minimum absolute atomic E-state index is 0.00107. The number of nitrogens with one attached hydrogen (secondary N) is 1. The zero-order chi connectivity index (χ0) is 25.0. The number of rotatable bonds is 7. The molecular weight excluding hydrogens is 499 g/mol. The third-order valence-electron chi connectivity index (χ3n) is 5.13. The summed E-state index contributed by atoms with van der Waals surface area (Å²) in [5, 5.41) is 3.16. The van der Waals surface area contributed by atoms with Gasteiger partial charge in [-0.3, -0.25) is 9.10 Å². The summed E-state index contributed by atoms with van der Waals surface area (Å²) in [7, 11) is -2.38. The van der Waals surface area contributed by atoms with E-state index in [1.165, 1.54) is 7.11 Å². The predicted molar refractivity (Wildman–Crippen MR) is 134 cm³/mol. The lowest BCUT2D eigenvalue weighted by Crippen LogP contribution is -2.29. The third kappa shape index (κ3) is 5.70. The smallest absolute Gasteiger partial charge is 0.338 e. The van der Waals surface area contributed by atoms with Crippen molar-refractivity contribution < 1.29 is 22.7 Å². The quantitative estimate of drug-likeness (QED) is 0.426. The molecule has 0 unspecified atom stereocenters. The van der Waals surface area contributed by atoms with Gasteiger partial charge < -0.3 is 10.1 Å². The highest BCUT2D eigenvalue weighted by molar-refractivity contribution is 7.92. The Balaban J connectivity index is 1.81. The summed E-state index contributed by atoms with van der Waals surface area (Å²) < 4.78 is 30.8. The van der Waals surface area contributed by atoms with Crippen molar-refractivity contribution >= 4 is 56.5 Å². The lowest BCUT2D eigenvalue weighted by molar-refractivity contribution is 0.0599. The molecule has 0 heterocycles. The molecule has 1 N–H and O–H groups in total. The van der Waals surface area contributed by atoms with E-state index in [2.05, 4.69) is 5.32 Å². The maximum absolute atomic E-state index is 12.7. The van der Waals surface area contributed by atoms with E-state index >= 15 is 0 Å². The van der Waals surface area contributed by atoms with Crippen LogP contribution in [0.25, 0.3) is 0 Å². The van der Waals surface area contributed by atoms with E-state index in [9.17, 15) is 18.0 Å². The number of ether oxygens (including phenoxy) is 1. The van der Waals surface area contributed by atoms with Crippen molar-refractivity contribution in [3.63, 3.8) is 0 Å². The summed E-state index contributed by atoms with van der Waals surface area (Å²) in [5.41, 5.74) is 2.69. The Morgan fingerprint density at radius 2 is 1.65 bits per heavy atom. The van der Waals surface area contributed by atoms with Crippen LogP contribution in [0.5, 0.6) is 0 Å². The van der Waals surface area contributed by atoms with E-state index in [-0.39, 0.29) is 28.2 Å². The summed E-state index contributed by atoms with van der Waals surface area (Å²) in [6.45, 7) is 1.72. The molecule has 34 heavy (non-hydrogen) atoms. The third-order valence-corrected chi connectivity index (χ3v) is 7.07. The largest absolute Gasteiger partial charge is 0.465 e. The fourth-order valence-electron chi connectivity index (χ4n) is 3.29. The molecule has 0 aliphatic heterocycles. The van der Waals surface area contributed by atoms with E-state index in [4.69, 9.17) is 27.9 Å². The van der Waals surface area contributed by atoms with E-state index < -0.39 is 16.0 Å². The van der Waals surface area contributed by atoms with Gasteiger partial charge in [0.1, 0.15) is 0 Å². The fraction of sp³-hybridized carbons (Fsp3) is 0.167. The van der Waals surface area contributed by atoms with Crippen LogP contribution in [-0.4, -0.2) is 33.7 Å². The highest BCUT2D eigenvalue weighted by atomic mass is 35.5. The molecular formula is C24H22Cl2N2O5S. The molecule has 0 radical (unpaired) electrons. The fourth-order valence-corrected chi connectivity index (χ4v) is 4.63. The number of amides is 1. The summed E-state index contributed by atoms with van der Waals surface area (Å²) in [5.74, 6) is -0.872. The molecule has 3 aromatic rings. The van der Waals surface area contributed by atoms with Crippen molar-refractivity contribution in [3.8, 4) is 0 Å². The molecule has 0 aromatic heterocycles. The van der Waals surface area contributed by atoms with E-state index in [0.29, 0.717) is 27.9 Å². The van der Waals surface area contributed by atoms with Crippen LogP contribution in [0.15, 0.2) is 60.7 Å². The number of hydrogen-bond donors (Lipinski definition) is 1. The van der Waals surface area contributed by atoms with Gasteiger partial charge >= 0.3 is 5.97 Å². The second-order valence-electron chi connectivity index (χ2n) is 7.46. The van der Waals surface area contributed by atoms with Crippen molar-refractivity contribution in [3.05, 3.63) is 93.0 Å². The number of esters is 1. The van der Waals surface area contributed by atoms with Gasteiger partial charge in [-0.15, -0.1) is 0 Å². The Kier molecular flexibility index (Phi) is 7.86. The average Bonchev–Trinajstić information content (AvgIpc) is 2.80. The summed E-state index contributed by atoms with van der Waals surface area (Å²) in [6.07, 6.45) is 1.08. The number of carbonyl (C=O) groups is 2. The van der Waals surface area contributed by atoms with Crippen LogP contribution in [0.2, 0.25) is 10.0 Å². The number of sulfonamides is 1. The number of halogens is 2. The van der Waals surface area contributed by atoms with Crippen molar-refractivity contribution in [1.82, 2.24) is 0 Å². The second-order valence-corrected chi connectivity index (χ2v) is 10.2. The molecule has 0 saturated heterocycles. The zero-order valence-corrected chi connectivity index (χ0v) is 21.0. The molecule has 0 aliphatic rings. The van der Waals surface area contributed by atoms with Gasteiger partial charge in [-0.2, -0.15) is 0 Å². The summed E-state index contributed by atoms with van der Waals surface area (Å²) >= 11 is 12.3. The number of hydrogen-bond acceptors (Lipinski definition) is 5. The predicted octanol–water partition coefficient (Wildman–Crippen LogP) is 5.31. The Labute approximate surface area is 208 Å². The molecule has 3 rings (SSSR count). The van der Waals surface area contributed by atoms with Gasteiger partial charge in [0, 0.05) is 11.3 Å². The average molecular weight is 521 g/mol. The zero-order valence-electron chi connectivity index (χ0n) is 18.6. The number of anilines is 2. The molecule has 0 saturated carbocycles. The normalized spacial score (nSPS) is 11.1. The van der Waals surface area contributed by atoms with Gasteiger partial charge in [0.05, 0.1) is 41.2 Å².